The van der Waals surface area contributed by atoms with E-state index in [1.807, 2.05) is 18.2 Å². The number of ether oxygens (including phenoxy) is 3. The fourth-order valence-corrected chi connectivity index (χ4v) is 2.15. The molecule has 0 heterocycles. The first kappa shape index (κ1) is 18.1. The Bertz CT molecular complexity index is 768. The number of nitrogens with one attached hydrogen (secondary N) is 1. The number of methoxy groups -OCH3 is 2. The number of carbonyl (C=O) groups excluding carboxylic acids is 1. The molecular formula is C20H21NO4. The average molecular weight is 339 g/mol. The van der Waals surface area contributed by atoms with Gasteiger partial charge >= 0.3 is 0 Å². The summed E-state index contributed by atoms with van der Waals surface area (Å²) in [5.41, 5.74) is 1.43. The van der Waals surface area contributed by atoms with Crippen LogP contribution in [0.15, 0.2) is 61.2 Å². The standard InChI is InChI=1S/C20H21NO4/c1-4-13-25-18-11-9-15(14-19(18)24-3)10-12-20(22)21-16-7-5-6-8-17(16)23-2/h4-12,14H,1,13H2,2-3H3,(H,21,22). The van der Waals surface area contributed by atoms with E-state index in [4.69, 9.17) is 14.2 Å². The summed E-state index contributed by atoms with van der Waals surface area (Å²) in [5.74, 6) is 1.57. The first-order chi connectivity index (χ1) is 12.2. The molecule has 0 aliphatic carbocycles. The van der Waals surface area contributed by atoms with Gasteiger partial charge in [-0.1, -0.05) is 30.9 Å². The minimum Gasteiger partial charge on any atom is -0.495 e. The van der Waals surface area contributed by atoms with Gasteiger partial charge in [-0.05, 0) is 35.9 Å². The lowest BCUT2D eigenvalue weighted by atomic mass is 10.2. The second kappa shape index (κ2) is 9.17. The van der Waals surface area contributed by atoms with Gasteiger partial charge in [0, 0.05) is 6.08 Å². The third-order valence-corrected chi connectivity index (χ3v) is 3.34. The smallest absolute Gasteiger partial charge is 0.248 e. The molecular weight excluding hydrogens is 318 g/mol. The van der Waals surface area contributed by atoms with Crippen molar-refractivity contribution in [3.63, 3.8) is 0 Å². The molecule has 0 aromatic heterocycles. The minimum atomic E-state index is -0.254. The van der Waals surface area contributed by atoms with Crippen LogP contribution in [-0.2, 0) is 4.79 Å². The van der Waals surface area contributed by atoms with Gasteiger partial charge in [-0.3, -0.25) is 4.79 Å². The molecule has 2 aromatic carbocycles. The molecule has 0 fully saturated rings. The third kappa shape index (κ3) is 5.14. The Labute approximate surface area is 147 Å². The van der Waals surface area contributed by atoms with Crippen LogP contribution in [0.3, 0.4) is 0 Å². The molecule has 2 rings (SSSR count). The van der Waals surface area contributed by atoms with Gasteiger partial charge in [0.1, 0.15) is 12.4 Å². The molecule has 25 heavy (non-hydrogen) atoms. The van der Waals surface area contributed by atoms with Gasteiger partial charge < -0.3 is 19.5 Å². The molecule has 130 valence electrons. The molecule has 0 radical (unpaired) electrons. The second-order valence-electron chi connectivity index (χ2n) is 5.03. The maximum atomic E-state index is 12.1. The number of anilines is 1. The van der Waals surface area contributed by atoms with Gasteiger partial charge in [0.15, 0.2) is 11.5 Å². The summed E-state index contributed by atoms with van der Waals surface area (Å²) in [6.07, 6.45) is 4.81. The van der Waals surface area contributed by atoms with Crippen LogP contribution in [0.5, 0.6) is 17.2 Å². The molecule has 1 amide bonds. The Balaban J connectivity index is 2.07. The summed E-state index contributed by atoms with van der Waals surface area (Å²) in [7, 11) is 3.13. The maximum absolute atomic E-state index is 12.1. The lowest BCUT2D eigenvalue weighted by Crippen LogP contribution is -2.08. The molecule has 0 spiro atoms. The number of para-hydroxylation sites is 2. The zero-order valence-corrected chi connectivity index (χ0v) is 14.3. The summed E-state index contributed by atoms with van der Waals surface area (Å²) in [4.78, 5) is 12.1. The lowest BCUT2D eigenvalue weighted by Gasteiger charge is -2.10. The van der Waals surface area contributed by atoms with Gasteiger partial charge in [-0.2, -0.15) is 0 Å². The fourth-order valence-electron chi connectivity index (χ4n) is 2.15. The number of hydrogen-bond donors (Lipinski definition) is 1. The Hall–Kier alpha value is -3.21. The first-order valence-electron chi connectivity index (χ1n) is 7.71. The topological polar surface area (TPSA) is 56.8 Å². The number of hydrogen-bond acceptors (Lipinski definition) is 4. The average Bonchev–Trinajstić information content (AvgIpc) is 2.65. The predicted octanol–water partition coefficient (Wildman–Crippen LogP) is 3.92. The largest absolute Gasteiger partial charge is 0.495 e. The Kier molecular flexibility index (Phi) is 6.65. The van der Waals surface area contributed by atoms with Crippen LogP contribution in [-0.4, -0.2) is 26.7 Å². The molecule has 0 atom stereocenters. The second-order valence-corrected chi connectivity index (χ2v) is 5.03. The molecule has 0 aliphatic rings. The third-order valence-electron chi connectivity index (χ3n) is 3.34. The molecule has 5 heteroatoms. The van der Waals surface area contributed by atoms with Crippen molar-refractivity contribution in [2.75, 3.05) is 26.1 Å². The van der Waals surface area contributed by atoms with Gasteiger partial charge in [-0.15, -0.1) is 0 Å². The Morgan fingerprint density at radius 1 is 1.08 bits per heavy atom. The molecule has 0 aliphatic heterocycles. The van der Waals surface area contributed by atoms with E-state index in [0.29, 0.717) is 29.5 Å². The van der Waals surface area contributed by atoms with Crippen LogP contribution in [0.2, 0.25) is 0 Å². The van der Waals surface area contributed by atoms with Crippen LogP contribution in [0.4, 0.5) is 5.69 Å². The number of carbonyl (C=O) groups is 1. The van der Waals surface area contributed by atoms with Crippen molar-refractivity contribution in [3.8, 4) is 17.2 Å². The Morgan fingerprint density at radius 2 is 1.84 bits per heavy atom. The van der Waals surface area contributed by atoms with Crippen LogP contribution < -0.4 is 19.5 Å². The number of amides is 1. The van der Waals surface area contributed by atoms with E-state index < -0.39 is 0 Å². The predicted molar refractivity (Wildman–Crippen MR) is 99.3 cm³/mol. The van der Waals surface area contributed by atoms with E-state index in [1.54, 1.807) is 50.6 Å². The molecule has 5 nitrogen and oxygen atoms in total. The lowest BCUT2D eigenvalue weighted by molar-refractivity contribution is -0.111. The quantitative estimate of drug-likeness (QED) is 0.585. The highest BCUT2D eigenvalue weighted by atomic mass is 16.5. The summed E-state index contributed by atoms with van der Waals surface area (Å²) >= 11 is 0. The van der Waals surface area contributed by atoms with E-state index in [1.165, 1.54) is 6.08 Å². The molecule has 1 N–H and O–H groups in total. The van der Waals surface area contributed by atoms with Gasteiger partial charge in [0.2, 0.25) is 5.91 Å². The SMILES string of the molecule is C=CCOc1ccc(C=CC(=O)Nc2ccccc2OC)cc1OC. The maximum Gasteiger partial charge on any atom is 0.248 e. The van der Waals surface area contributed by atoms with Crippen molar-refractivity contribution >= 4 is 17.7 Å². The van der Waals surface area contributed by atoms with E-state index >= 15 is 0 Å². The van der Waals surface area contributed by atoms with Gasteiger partial charge in [0.25, 0.3) is 0 Å². The molecule has 0 unspecified atom stereocenters. The van der Waals surface area contributed by atoms with Crippen molar-refractivity contribution in [2.45, 2.75) is 0 Å². The number of benzene rings is 2. The van der Waals surface area contributed by atoms with Crippen LogP contribution in [0.1, 0.15) is 5.56 Å². The normalized spacial score (nSPS) is 10.3. The van der Waals surface area contributed by atoms with Crippen molar-refractivity contribution in [3.05, 3.63) is 66.8 Å². The Morgan fingerprint density at radius 3 is 2.56 bits per heavy atom. The van der Waals surface area contributed by atoms with Crippen molar-refractivity contribution in [1.82, 2.24) is 0 Å². The summed E-state index contributed by atoms with van der Waals surface area (Å²) in [6.45, 7) is 4.01. The summed E-state index contributed by atoms with van der Waals surface area (Å²) < 4.78 is 16.0. The van der Waals surface area contributed by atoms with Crippen molar-refractivity contribution < 1.29 is 19.0 Å². The highest BCUT2D eigenvalue weighted by Crippen LogP contribution is 2.28. The zero-order chi connectivity index (χ0) is 18.1. The fraction of sp³-hybridized carbons (Fsp3) is 0.150. The highest BCUT2D eigenvalue weighted by molar-refractivity contribution is 6.02. The zero-order valence-electron chi connectivity index (χ0n) is 14.3. The van der Waals surface area contributed by atoms with E-state index in [0.717, 1.165) is 5.56 Å². The molecule has 0 bridgehead atoms. The number of rotatable bonds is 8. The van der Waals surface area contributed by atoms with Crippen molar-refractivity contribution in [2.24, 2.45) is 0 Å². The summed E-state index contributed by atoms with van der Waals surface area (Å²) in [6, 6.07) is 12.7. The van der Waals surface area contributed by atoms with Crippen LogP contribution in [0, 0.1) is 0 Å². The molecule has 0 saturated carbocycles. The van der Waals surface area contributed by atoms with E-state index in [2.05, 4.69) is 11.9 Å². The van der Waals surface area contributed by atoms with Crippen molar-refractivity contribution in [1.29, 1.82) is 0 Å². The molecule has 2 aromatic rings. The minimum absolute atomic E-state index is 0.254. The molecule has 0 saturated heterocycles. The first-order valence-corrected chi connectivity index (χ1v) is 7.71. The van der Waals surface area contributed by atoms with Crippen LogP contribution >= 0.6 is 0 Å². The van der Waals surface area contributed by atoms with Gasteiger partial charge in [0.05, 0.1) is 19.9 Å². The summed E-state index contributed by atoms with van der Waals surface area (Å²) in [5, 5.41) is 2.78. The van der Waals surface area contributed by atoms with Crippen LogP contribution in [0.25, 0.3) is 6.08 Å². The van der Waals surface area contributed by atoms with E-state index in [-0.39, 0.29) is 5.91 Å². The van der Waals surface area contributed by atoms with E-state index in [9.17, 15) is 4.79 Å². The van der Waals surface area contributed by atoms with Gasteiger partial charge in [-0.25, -0.2) is 0 Å². The highest BCUT2D eigenvalue weighted by Gasteiger charge is 2.06. The monoisotopic (exact) mass is 339 g/mol.